The Bertz CT molecular complexity index is 613. The summed E-state index contributed by atoms with van der Waals surface area (Å²) >= 11 is 5.84. The number of ether oxygens (including phenoxy) is 1. The summed E-state index contributed by atoms with van der Waals surface area (Å²) in [6.45, 7) is 2.14. The fourth-order valence-electron chi connectivity index (χ4n) is 2.43. The highest BCUT2D eigenvalue weighted by Crippen LogP contribution is 2.22. The number of hydrogen-bond donors (Lipinski definition) is 1. The minimum Gasteiger partial charge on any atom is -0.452 e. The number of carbonyl (C=O) groups is 2. The fourth-order valence-corrected chi connectivity index (χ4v) is 2.60. The Morgan fingerprint density at radius 2 is 2.18 bits per heavy atom. The number of likely N-dealkylation sites (N-methyl/N-ethyl adjacent to an activating group) is 1. The number of hydrogen-bond acceptors (Lipinski definition) is 4. The number of carbonyl (C=O) groups excluding carboxylic acids is 2. The van der Waals surface area contributed by atoms with Crippen molar-refractivity contribution in [2.45, 2.75) is 26.2 Å². The van der Waals surface area contributed by atoms with E-state index in [2.05, 4.69) is 6.08 Å². The van der Waals surface area contributed by atoms with Crippen molar-refractivity contribution >= 4 is 29.2 Å². The summed E-state index contributed by atoms with van der Waals surface area (Å²) in [5.74, 6) is -0.880. The van der Waals surface area contributed by atoms with E-state index in [-0.39, 0.29) is 23.8 Å². The Hall–Kier alpha value is -2.01. The molecule has 1 amide bonds. The number of esters is 1. The average molecular weight is 323 g/mol. The maximum atomic E-state index is 12.2. The third kappa shape index (κ3) is 3.80. The molecule has 6 heteroatoms. The largest absolute Gasteiger partial charge is 0.452 e. The average Bonchev–Trinajstić information content (AvgIpc) is 3.02. The second-order valence-electron chi connectivity index (χ2n) is 5.03. The van der Waals surface area contributed by atoms with E-state index in [0.717, 1.165) is 25.0 Å². The highest BCUT2D eigenvalue weighted by molar-refractivity contribution is 6.31. The minimum atomic E-state index is -0.648. The second kappa shape index (κ2) is 7.31. The molecular formula is C16H19ClN2O3. The van der Waals surface area contributed by atoms with E-state index in [9.17, 15) is 9.59 Å². The van der Waals surface area contributed by atoms with Gasteiger partial charge in [0.1, 0.15) is 0 Å². The molecule has 1 aromatic rings. The molecule has 2 N–H and O–H groups in total. The summed E-state index contributed by atoms with van der Waals surface area (Å²) in [6.07, 6.45) is 4.98. The molecule has 0 spiro atoms. The Morgan fingerprint density at radius 1 is 1.41 bits per heavy atom. The third-order valence-corrected chi connectivity index (χ3v) is 3.78. The number of halogens is 1. The summed E-state index contributed by atoms with van der Waals surface area (Å²) in [4.78, 5) is 25.9. The van der Waals surface area contributed by atoms with Crippen molar-refractivity contribution in [1.29, 1.82) is 0 Å². The molecule has 5 nitrogen and oxygen atoms in total. The molecule has 0 atom stereocenters. The lowest BCUT2D eigenvalue weighted by atomic mass is 10.2. The van der Waals surface area contributed by atoms with Crippen LogP contribution in [0.5, 0.6) is 0 Å². The number of rotatable bonds is 5. The van der Waals surface area contributed by atoms with Gasteiger partial charge in [-0.3, -0.25) is 4.79 Å². The third-order valence-electron chi connectivity index (χ3n) is 3.54. The van der Waals surface area contributed by atoms with Crippen LogP contribution in [0.3, 0.4) is 0 Å². The van der Waals surface area contributed by atoms with E-state index < -0.39 is 5.97 Å². The zero-order chi connectivity index (χ0) is 16.1. The second-order valence-corrected chi connectivity index (χ2v) is 5.47. The van der Waals surface area contributed by atoms with Gasteiger partial charge in [0.25, 0.3) is 5.91 Å². The molecule has 0 unspecified atom stereocenters. The maximum absolute atomic E-state index is 12.2. The molecule has 0 bridgehead atoms. The van der Waals surface area contributed by atoms with Crippen molar-refractivity contribution in [2.24, 2.45) is 0 Å². The van der Waals surface area contributed by atoms with Crippen LogP contribution in [0, 0.1) is 0 Å². The van der Waals surface area contributed by atoms with Gasteiger partial charge in [-0.15, -0.1) is 0 Å². The predicted octanol–water partition coefficient (Wildman–Crippen LogP) is 3.00. The van der Waals surface area contributed by atoms with Crippen molar-refractivity contribution in [3.63, 3.8) is 0 Å². The van der Waals surface area contributed by atoms with Gasteiger partial charge in [0.05, 0.1) is 5.56 Å². The first kappa shape index (κ1) is 16.4. The van der Waals surface area contributed by atoms with Crippen LogP contribution >= 0.6 is 11.6 Å². The van der Waals surface area contributed by atoms with Gasteiger partial charge in [0, 0.05) is 23.0 Å². The topological polar surface area (TPSA) is 72.6 Å². The highest BCUT2D eigenvalue weighted by Gasteiger charge is 2.21. The lowest BCUT2D eigenvalue weighted by molar-refractivity contribution is -0.132. The molecule has 118 valence electrons. The van der Waals surface area contributed by atoms with Crippen molar-refractivity contribution in [3.05, 3.63) is 40.6 Å². The normalized spacial score (nSPS) is 13.6. The van der Waals surface area contributed by atoms with E-state index in [0.29, 0.717) is 11.6 Å². The van der Waals surface area contributed by atoms with Gasteiger partial charge in [-0.1, -0.05) is 17.7 Å². The molecule has 0 aliphatic heterocycles. The van der Waals surface area contributed by atoms with E-state index in [4.69, 9.17) is 22.1 Å². The summed E-state index contributed by atoms with van der Waals surface area (Å²) in [5, 5.41) is 0.388. The number of nitrogens with zero attached hydrogens (tertiary/aromatic N) is 1. The first-order valence-electron chi connectivity index (χ1n) is 7.24. The standard InChI is InChI=1S/C16H19ClN2O3/c1-2-19(12-5-3-4-6-12)15(20)10-22-16(21)13-9-11(17)7-8-14(13)18/h5,7-9H,2-4,6,10,18H2,1H3. The van der Waals surface area contributed by atoms with Crippen LogP contribution in [-0.2, 0) is 9.53 Å². The summed E-state index contributed by atoms with van der Waals surface area (Å²) in [6, 6.07) is 4.55. The lowest BCUT2D eigenvalue weighted by Gasteiger charge is -2.22. The van der Waals surface area contributed by atoms with Crippen LogP contribution in [0.2, 0.25) is 5.02 Å². The lowest BCUT2D eigenvalue weighted by Crippen LogP contribution is -2.33. The van der Waals surface area contributed by atoms with Crippen molar-refractivity contribution < 1.29 is 14.3 Å². The van der Waals surface area contributed by atoms with E-state index >= 15 is 0 Å². The number of anilines is 1. The minimum absolute atomic E-state index is 0.170. The van der Waals surface area contributed by atoms with Gasteiger partial charge >= 0.3 is 5.97 Å². The fraction of sp³-hybridized carbons (Fsp3) is 0.375. The van der Waals surface area contributed by atoms with Gasteiger partial charge in [0.15, 0.2) is 6.61 Å². The van der Waals surface area contributed by atoms with Gasteiger partial charge in [0.2, 0.25) is 0 Å². The predicted molar refractivity (Wildman–Crippen MR) is 85.5 cm³/mol. The molecule has 1 aliphatic carbocycles. The van der Waals surface area contributed by atoms with E-state index in [1.54, 1.807) is 11.0 Å². The number of benzene rings is 1. The quantitative estimate of drug-likeness (QED) is 0.668. The number of nitrogens with two attached hydrogens (primary N) is 1. The highest BCUT2D eigenvalue weighted by atomic mass is 35.5. The Balaban J connectivity index is 1.98. The van der Waals surface area contributed by atoms with Crippen molar-refractivity contribution in [3.8, 4) is 0 Å². The van der Waals surface area contributed by atoms with Crippen LogP contribution in [0.4, 0.5) is 5.69 Å². The smallest absolute Gasteiger partial charge is 0.340 e. The first-order valence-corrected chi connectivity index (χ1v) is 7.62. The Morgan fingerprint density at radius 3 is 2.82 bits per heavy atom. The Kier molecular flexibility index (Phi) is 5.44. The molecule has 1 aromatic carbocycles. The van der Waals surface area contributed by atoms with Crippen LogP contribution in [-0.4, -0.2) is 29.9 Å². The molecular weight excluding hydrogens is 304 g/mol. The molecule has 0 saturated carbocycles. The number of allylic oxidation sites excluding steroid dienone is 2. The van der Waals surface area contributed by atoms with Crippen molar-refractivity contribution in [2.75, 3.05) is 18.9 Å². The SMILES string of the molecule is CCN(C(=O)COC(=O)c1cc(Cl)ccc1N)C1=CCCC1. The van der Waals surface area contributed by atoms with Gasteiger partial charge in [-0.25, -0.2) is 4.79 Å². The molecule has 22 heavy (non-hydrogen) atoms. The van der Waals surface area contributed by atoms with Crippen molar-refractivity contribution in [1.82, 2.24) is 4.90 Å². The van der Waals surface area contributed by atoms with Crippen LogP contribution < -0.4 is 5.73 Å². The van der Waals surface area contributed by atoms with Crippen LogP contribution in [0.15, 0.2) is 30.0 Å². The molecule has 0 fully saturated rings. The molecule has 1 aliphatic rings. The number of nitrogen functional groups attached to an aromatic ring is 1. The Labute approximate surface area is 134 Å². The summed E-state index contributed by atoms with van der Waals surface area (Å²) in [7, 11) is 0. The zero-order valence-electron chi connectivity index (χ0n) is 12.5. The van der Waals surface area contributed by atoms with Crippen LogP contribution in [0.25, 0.3) is 0 Å². The monoisotopic (exact) mass is 322 g/mol. The van der Waals surface area contributed by atoms with E-state index in [1.807, 2.05) is 6.92 Å². The maximum Gasteiger partial charge on any atom is 0.340 e. The van der Waals surface area contributed by atoms with Gasteiger partial charge in [-0.05, 0) is 44.4 Å². The van der Waals surface area contributed by atoms with E-state index in [1.165, 1.54) is 12.1 Å². The van der Waals surface area contributed by atoms with Crippen LogP contribution in [0.1, 0.15) is 36.5 Å². The van der Waals surface area contributed by atoms with Gasteiger partial charge in [-0.2, -0.15) is 0 Å². The molecule has 0 radical (unpaired) electrons. The van der Waals surface area contributed by atoms with Gasteiger partial charge < -0.3 is 15.4 Å². The number of amides is 1. The first-order chi connectivity index (χ1) is 10.5. The molecule has 0 aromatic heterocycles. The summed E-state index contributed by atoms with van der Waals surface area (Å²) in [5.41, 5.74) is 7.16. The molecule has 0 saturated heterocycles. The molecule has 2 rings (SSSR count). The zero-order valence-corrected chi connectivity index (χ0v) is 13.2. The summed E-state index contributed by atoms with van der Waals surface area (Å²) < 4.78 is 5.07. The molecule has 0 heterocycles.